The second-order valence-corrected chi connectivity index (χ2v) is 8.26. The summed E-state index contributed by atoms with van der Waals surface area (Å²) in [5.41, 5.74) is 4.29. The van der Waals surface area contributed by atoms with Crippen LogP contribution in [-0.2, 0) is 10.3 Å². The van der Waals surface area contributed by atoms with Gasteiger partial charge in [-0.2, -0.15) is 5.10 Å². The standard InChI is InChI=1S/C24H25FN4O2/c25-17-13-28-29(14-17)24(9-11-26-12-10-24)16-27-23(30)31-15-22-20-7-3-1-5-18(20)19-6-2-4-8-21(19)22/h1-8,13-14,22,26H,9-12,15-16H2,(H,27,30). The Morgan fingerprint density at radius 1 is 1.13 bits per heavy atom. The summed E-state index contributed by atoms with van der Waals surface area (Å²) in [4.78, 5) is 12.6. The molecule has 7 heteroatoms. The Morgan fingerprint density at radius 3 is 2.39 bits per heavy atom. The molecule has 0 saturated carbocycles. The van der Waals surface area contributed by atoms with Crippen LogP contribution in [0.25, 0.3) is 11.1 Å². The Kier molecular flexibility index (Phi) is 5.19. The molecule has 1 aliphatic carbocycles. The summed E-state index contributed by atoms with van der Waals surface area (Å²) in [6.07, 6.45) is 3.63. The fourth-order valence-electron chi connectivity index (χ4n) is 4.83. The molecule has 2 aliphatic rings. The molecule has 1 aliphatic heterocycles. The molecule has 2 heterocycles. The lowest BCUT2D eigenvalue weighted by molar-refractivity contribution is 0.127. The van der Waals surface area contributed by atoms with Gasteiger partial charge in [0.25, 0.3) is 0 Å². The summed E-state index contributed by atoms with van der Waals surface area (Å²) in [6, 6.07) is 16.5. The van der Waals surface area contributed by atoms with E-state index in [4.69, 9.17) is 4.74 Å². The first-order valence-electron chi connectivity index (χ1n) is 10.7. The molecule has 6 nitrogen and oxygen atoms in total. The smallest absolute Gasteiger partial charge is 0.407 e. The molecule has 160 valence electrons. The number of rotatable bonds is 5. The highest BCUT2D eigenvalue weighted by Gasteiger charge is 2.36. The maximum atomic E-state index is 13.6. The third-order valence-electron chi connectivity index (χ3n) is 6.48. The molecule has 0 unspecified atom stereocenters. The van der Waals surface area contributed by atoms with Gasteiger partial charge in [-0.1, -0.05) is 48.5 Å². The molecule has 1 fully saturated rings. The predicted molar refractivity (Wildman–Crippen MR) is 115 cm³/mol. The molecule has 2 aromatic carbocycles. The minimum Gasteiger partial charge on any atom is -0.449 e. The van der Waals surface area contributed by atoms with Crippen molar-refractivity contribution in [3.63, 3.8) is 0 Å². The van der Waals surface area contributed by atoms with Gasteiger partial charge in [0.15, 0.2) is 5.82 Å². The average molecular weight is 420 g/mol. The van der Waals surface area contributed by atoms with E-state index in [0.717, 1.165) is 25.9 Å². The van der Waals surface area contributed by atoms with Gasteiger partial charge >= 0.3 is 6.09 Å². The number of carbonyl (C=O) groups excluding carboxylic acids is 1. The molecule has 0 bridgehead atoms. The lowest BCUT2D eigenvalue weighted by Crippen LogP contribution is -2.51. The van der Waals surface area contributed by atoms with E-state index in [0.29, 0.717) is 6.54 Å². The van der Waals surface area contributed by atoms with Gasteiger partial charge in [0.2, 0.25) is 0 Å². The Hall–Kier alpha value is -3.19. The summed E-state index contributed by atoms with van der Waals surface area (Å²) < 4.78 is 20.9. The molecular weight excluding hydrogens is 395 g/mol. The van der Waals surface area contributed by atoms with Gasteiger partial charge in [-0.15, -0.1) is 0 Å². The fraction of sp³-hybridized carbons (Fsp3) is 0.333. The Labute approximate surface area is 180 Å². The fourth-order valence-corrected chi connectivity index (χ4v) is 4.83. The highest BCUT2D eigenvalue weighted by atomic mass is 19.1. The van der Waals surface area contributed by atoms with Crippen molar-refractivity contribution in [3.05, 3.63) is 77.9 Å². The van der Waals surface area contributed by atoms with Crippen LogP contribution in [-0.4, -0.2) is 42.1 Å². The van der Waals surface area contributed by atoms with Crippen molar-refractivity contribution in [3.8, 4) is 11.1 Å². The predicted octanol–water partition coefficient (Wildman–Crippen LogP) is 3.64. The van der Waals surface area contributed by atoms with Crippen LogP contribution in [0.3, 0.4) is 0 Å². The average Bonchev–Trinajstić information content (AvgIpc) is 3.39. The van der Waals surface area contributed by atoms with Gasteiger partial charge in [0, 0.05) is 12.5 Å². The number of amides is 1. The van der Waals surface area contributed by atoms with Crippen molar-refractivity contribution in [2.24, 2.45) is 0 Å². The topological polar surface area (TPSA) is 68.2 Å². The zero-order chi connectivity index (χ0) is 21.3. The molecule has 0 spiro atoms. The summed E-state index contributed by atoms with van der Waals surface area (Å²) in [7, 11) is 0. The van der Waals surface area contributed by atoms with E-state index >= 15 is 0 Å². The second kappa shape index (κ2) is 8.15. The van der Waals surface area contributed by atoms with Crippen LogP contribution in [0.5, 0.6) is 0 Å². The SMILES string of the molecule is O=C(NCC1(n2cc(F)cn2)CCNCC1)OCC1c2ccccc2-c2ccccc21. The molecule has 0 atom stereocenters. The highest BCUT2D eigenvalue weighted by Crippen LogP contribution is 2.44. The number of hydrogen-bond acceptors (Lipinski definition) is 4. The van der Waals surface area contributed by atoms with Crippen molar-refractivity contribution < 1.29 is 13.9 Å². The van der Waals surface area contributed by atoms with E-state index in [1.807, 2.05) is 24.3 Å². The van der Waals surface area contributed by atoms with Crippen molar-refractivity contribution in [2.45, 2.75) is 24.3 Å². The Morgan fingerprint density at radius 2 is 1.77 bits per heavy atom. The third-order valence-corrected chi connectivity index (χ3v) is 6.48. The number of piperidine rings is 1. The van der Waals surface area contributed by atoms with Crippen molar-refractivity contribution >= 4 is 6.09 Å². The molecule has 31 heavy (non-hydrogen) atoms. The number of hydrogen-bond donors (Lipinski definition) is 2. The number of halogens is 1. The summed E-state index contributed by atoms with van der Waals surface area (Å²) in [5, 5.41) is 10.4. The summed E-state index contributed by atoms with van der Waals surface area (Å²) >= 11 is 0. The van der Waals surface area contributed by atoms with Crippen LogP contribution in [0.15, 0.2) is 60.9 Å². The van der Waals surface area contributed by atoms with E-state index in [2.05, 4.69) is 40.0 Å². The molecular formula is C24H25FN4O2. The van der Waals surface area contributed by atoms with Crippen molar-refractivity contribution in [1.29, 1.82) is 0 Å². The van der Waals surface area contributed by atoms with E-state index < -0.39 is 11.6 Å². The molecule has 1 aromatic heterocycles. The Balaban J connectivity index is 1.26. The van der Waals surface area contributed by atoms with Gasteiger partial charge < -0.3 is 15.4 Å². The number of carbonyl (C=O) groups is 1. The van der Waals surface area contributed by atoms with Gasteiger partial charge in [0.1, 0.15) is 6.61 Å². The number of nitrogens with zero attached hydrogens (tertiary/aromatic N) is 2. The first kappa shape index (κ1) is 19.8. The minimum atomic E-state index is -0.465. The summed E-state index contributed by atoms with van der Waals surface area (Å²) in [6.45, 7) is 2.18. The molecule has 1 amide bonds. The van der Waals surface area contributed by atoms with E-state index in [9.17, 15) is 9.18 Å². The lowest BCUT2D eigenvalue weighted by Gasteiger charge is -2.37. The lowest BCUT2D eigenvalue weighted by atomic mass is 9.88. The number of ether oxygens (including phenoxy) is 1. The first-order valence-corrected chi connectivity index (χ1v) is 10.7. The van der Waals surface area contributed by atoms with Gasteiger partial charge in [-0.25, -0.2) is 9.18 Å². The molecule has 3 aromatic rings. The van der Waals surface area contributed by atoms with Gasteiger partial charge in [-0.05, 0) is 48.2 Å². The second-order valence-electron chi connectivity index (χ2n) is 8.26. The van der Waals surface area contributed by atoms with Crippen LogP contribution in [0.2, 0.25) is 0 Å². The van der Waals surface area contributed by atoms with Gasteiger partial charge in [0.05, 0.1) is 17.9 Å². The van der Waals surface area contributed by atoms with Crippen molar-refractivity contribution in [1.82, 2.24) is 20.4 Å². The van der Waals surface area contributed by atoms with Crippen LogP contribution >= 0.6 is 0 Å². The molecule has 1 saturated heterocycles. The quantitative estimate of drug-likeness (QED) is 0.661. The summed E-state index contributed by atoms with van der Waals surface area (Å²) in [5.74, 6) is -0.356. The highest BCUT2D eigenvalue weighted by molar-refractivity contribution is 5.79. The molecule has 0 radical (unpaired) electrons. The van der Waals surface area contributed by atoms with Crippen LogP contribution < -0.4 is 10.6 Å². The van der Waals surface area contributed by atoms with E-state index in [1.54, 1.807) is 4.68 Å². The number of fused-ring (bicyclic) bond motifs is 3. The normalized spacial score (nSPS) is 17.1. The Bertz CT molecular complexity index is 1040. The first-order chi connectivity index (χ1) is 15.2. The van der Waals surface area contributed by atoms with E-state index in [-0.39, 0.29) is 18.3 Å². The van der Waals surface area contributed by atoms with Crippen LogP contribution in [0.1, 0.15) is 29.9 Å². The van der Waals surface area contributed by atoms with Gasteiger partial charge in [-0.3, -0.25) is 4.68 Å². The van der Waals surface area contributed by atoms with Crippen molar-refractivity contribution in [2.75, 3.05) is 26.2 Å². The zero-order valence-electron chi connectivity index (χ0n) is 17.2. The van der Waals surface area contributed by atoms with Crippen LogP contribution in [0, 0.1) is 5.82 Å². The maximum Gasteiger partial charge on any atom is 0.407 e. The van der Waals surface area contributed by atoms with E-state index in [1.165, 1.54) is 34.6 Å². The van der Waals surface area contributed by atoms with Crippen LogP contribution in [0.4, 0.5) is 9.18 Å². The number of alkyl carbamates (subject to hydrolysis) is 1. The maximum absolute atomic E-state index is 13.6. The minimum absolute atomic E-state index is 0.0196. The number of nitrogens with one attached hydrogen (secondary N) is 2. The third kappa shape index (κ3) is 3.70. The molecule has 2 N–H and O–H groups in total. The zero-order valence-corrected chi connectivity index (χ0v) is 17.2. The monoisotopic (exact) mass is 420 g/mol. The largest absolute Gasteiger partial charge is 0.449 e. The number of benzene rings is 2. The molecule has 5 rings (SSSR count). The number of aromatic nitrogens is 2.